The van der Waals surface area contributed by atoms with E-state index in [4.69, 9.17) is 4.42 Å². The van der Waals surface area contributed by atoms with Crippen molar-refractivity contribution in [2.45, 2.75) is 52.5 Å². The van der Waals surface area contributed by atoms with Crippen molar-refractivity contribution in [3.8, 4) is 0 Å². The minimum Gasteiger partial charge on any atom is -0.468 e. The number of hydrogen-bond donors (Lipinski definition) is 1. The maximum atomic E-state index is 12.3. The minimum absolute atomic E-state index is 0.124. The molecule has 22 heavy (non-hydrogen) atoms. The molecule has 0 spiro atoms. The van der Waals surface area contributed by atoms with E-state index in [2.05, 4.69) is 31.0 Å². The monoisotopic (exact) mass is 306 g/mol. The zero-order valence-corrected chi connectivity index (χ0v) is 14.2. The average molecular weight is 306 g/mol. The summed E-state index contributed by atoms with van der Waals surface area (Å²) in [6.07, 6.45) is 5.96. The zero-order chi connectivity index (χ0) is 15.9. The summed E-state index contributed by atoms with van der Waals surface area (Å²) < 4.78 is 5.63. The average Bonchev–Trinajstić information content (AvgIpc) is 3.04. The quantitative estimate of drug-likeness (QED) is 0.837. The highest BCUT2D eigenvalue weighted by molar-refractivity contribution is 5.78. The van der Waals surface area contributed by atoms with Gasteiger partial charge in [-0.2, -0.15) is 0 Å². The van der Waals surface area contributed by atoms with Crippen molar-refractivity contribution < 1.29 is 9.21 Å². The summed E-state index contributed by atoms with van der Waals surface area (Å²) in [6, 6.07) is 4.10. The van der Waals surface area contributed by atoms with Crippen molar-refractivity contribution in [3.05, 3.63) is 24.2 Å². The standard InChI is InChI=1S/C18H30N2O2/c1-4-15(5-2)18(21)19-13-16(17-7-6-12-22-17)20-10-8-14(3)9-11-20/h6-7,12,14-16H,4-5,8-11,13H2,1-3H3,(H,19,21). The Labute approximate surface area is 134 Å². The summed E-state index contributed by atoms with van der Waals surface area (Å²) >= 11 is 0. The third-order valence-electron chi connectivity index (χ3n) is 4.96. The van der Waals surface area contributed by atoms with Crippen LogP contribution in [0.25, 0.3) is 0 Å². The van der Waals surface area contributed by atoms with Crippen LogP contribution in [0.5, 0.6) is 0 Å². The fourth-order valence-electron chi connectivity index (χ4n) is 3.23. The van der Waals surface area contributed by atoms with Crippen LogP contribution in [0.3, 0.4) is 0 Å². The second kappa shape index (κ2) is 8.37. The maximum Gasteiger partial charge on any atom is 0.223 e. The molecule has 124 valence electrons. The molecule has 1 aromatic heterocycles. The molecule has 0 aromatic carbocycles. The van der Waals surface area contributed by atoms with Gasteiger partial charge >= 0.3 is 0 Å². The summed E-state index contributed by atoms with van der Waals surface area (Å²) in [5, 5.41) is 3.14. The third-order valence-corrected chi connectivity index (χ3v) is 4.96. The molecule has 4 heteroatoms. The van der Waals surface area contributed by atoms with Gasteiger partial charge in [0.1, 0.15) is 5.76 Å². The minimum atomic E-state index is 0.124. The van der Waals surface area contributed by atoms with Crippen molar-refractivity contribution in [1.29, 1.82) is 0 Å². The van der Waals surface area contributed by atoms with Crippen LogP contribution >= 0.6 is 0 Å². The van der Waals surface area contributed by atoms with E-state index in [-0.39, 0.29) is 17.9 Å². The number of rotatable bonds is 7. The van der Waals surface area contributed by atoms with Gasteiger partial charge in [0.15, 0.2) is 0 Å². The Bertz CT molecular complexity index is 432. The number of carbonyl (C=O) groups is 1. The Morgan fingerprint density at radius 2 is 2.05 bits per heavy atom. The van der Waals surface area contributed by atoms with E-state index in [0.717, 1.165) is 37.6 Å². The van der Waals surface area contributed by atoms with Gasteiger partial charge in [-0.3, -0.25) is 9.69 Å². The molecule has 2 heterocycles. The molecule has 0 bridgehead atoms. The summed E-state index contributed by atoms with van der Waals surface area (Å²) in [4.78, 5) is 14.7. The lowest BCUT2D eigenvalue weighted by Crippen LogP contribution is -2.43. The first-order valence-electron chi connectivity index (χ1n) is 8.70. The molecule has 0 aliphatic carbocycles. The molecule has 1 unspecified atom stereocenters. The number of carbonyl (C=O) groups excluding carboxylic acids is 1. The van der Waals surface area contributed by atoms with E-state index in [1.807, 2.05) is 12.1 Å². The largest absolute Gasteiger partial charge is 0.468 e. The van der Waals surface area contributed by atoms with E-state index >= 15 is 0 Å². The van der Waals surface area contributed by atoms with E-state index in [9.17, 15) is 4.79 Å². The summed E-state index contributed by atoms with van der Waals surface area (Å²) in [6.45, 7) is 9.25. The lowest BCUT2D eigenvalue weighted by Gasteiger charge is -2.36. The normalized spacial score (nSPS) is 18.5. The van der Waals surface area contributed by atoms with Gasteiger partial charge in [0.25, 0.3) is 0 Å². The summed E-state index contributed by atoms with van der Waals surface area (Å²) in [5.41, 5.74) is 0. The van der Waals surface area contributed by atoms with E-state index < -0.39 is 0 Å². The maximum absolute atomic E-state index is 12.3. The van der Waals surface area contributed by atoms with Crippen LogP contribution in [0.15, 0.2) is 22.8 Å². The predicted molar refractivity (Wildman–Crippen MR) is 88.5 cm³/mol. The molecular formula is C18H30N2O2. The molecule has 2 rings (SSSR count). The number of piperidine rings is 1. The fourth-order valence-corrected chi connectivity index (χ4v) is 3.23. The Hall–Kier alpha value is -1.29. The van der Waals surface area contributed by atoms with Gasteiger partial charge in [-0.1, -0.05) is 20.8 Å². The van der Waals surface area contributed by atoms with Gasteiger partial charge < -0.3 is 9.73 Å². The van der Waals surface area contributed by atoms with Crippen LogP contribution in [0.1, 0.15) is 58.3 Å². The molecule has 1 aliphatic rings. The van der Waals surface area contributed by atoms with Crippen LogP contribution < -0.4 is 5.32 Å². The Morgan fingerprint density at radius 3 is 2.59 bits per heavy atom. The first kappa shape index (κ1) is 17.1. The van der Waals surface area contributed by atoms with Crippen LogP contribution in [-0.2, 0) is 4.79 Å². The lowest BCUT2D eigenvalue weighted by molar-refractivity contribution is -0.125. The number of hydrogen-bond acceptors (Lipinski definition) is 3. The highest BCUT2D eigenvalue weighted by atomic mass is 16.3. The highest BCUT2D eigenvalue weighted by Gasteiger charge is 2.27. The van der Waals surface area contributed by atoms with Gasteiger partial charge in [-0.05, 0) is 56.8 Å². The first-order valence-corrected chi connectivity index (χ1v) is 8.70. The van der Waals surface area contributed by atoms with E-state index in [1.54, 1.807) is 6.26 Å². The molecule has 0 radical (unpaired) electrons. The molecule has 1 fully saturated rings. The number of likely N-dealkylation sites (tertiary alicyclic amines) is 1. The van der Waals surface area contributed by atoms with Gasteiger partial charge in [0.2, 0.25) is 5.91 Å². The van der Waals surface area contributed by atoms with Crippen molar-refractivity contribution in [3.63, 3.8) is 0 Å². The van der Waals surface area contributed by atoms with Crippen LogP contribution in [-0.4, -0.2) is 30.4 Å². The number of furan rings is 1. The molecule has 4 nitrogen and oxygen atoms in total. The molecular weight excluding hydrogens is 276 g/mol. The van der Waals surface area contributed by atoms with E-state index in [0.29, 0.717) is 6.54 Å². The molecule has 1 atom stereocenters. The topological polar surface area (TPSA) is 45.5 Å². The second-order valence-corrected chi connectivity index (χ2v) is 6.51. The molecule has 1 saturated heterocycles. The van der Waals surface area contributed by atoms with E-state index in [1.165, 1.54) is 12.8 Å². The predicted octanol–water partition coefficient (Wildman–Crippen LogP) is 3.61. The number of nitrogens with one attached hydrogen (secondary N) is 1. The third kappa shape index (κ3) is 4.35. The lowest BCUT2D eigenvalue weighted by atomic mass is 9.97. The van der Waals surface area contributed by atoms with Crippen molar-refractivity contribution in [2.75, 3.05) is 19.6 Å². The SMILES string of the molecule is CCC(CC)C(=O)NCC(c1ccco1)N1CCC(C)CC1. The number of nitrogens with zero attached hydrogens (tertiary/aromatic N) is 1. The van der Waals surface area contributed by atoms with Gasteiger partial charge in [-0.25, -0.2) is 0 Å². The van der Waals surface area contributed by atoms with Crippen LogP contribution in [0, 0.1) is 11.8 Å². The molecule has 1 aromatic rings. The molecule has 1 N–H and O–H groups in total. The summed E-state index contributed by atoms with van der Waals surface area (Å²) in [5.74, 6) is 2.05. The smallest absolute Gasteiger partial charge is 0.223 e. The van der Waals surface area contributed by atoms with Crippen LogP contribution in [0.4, 0.5) is 0 Å². The van der Waals surface area contributed by atoms with Crippen molar-refractivity contribution in [1.82, 2.24) is 10.2 Å². The fraction of sp³-hybridized carbons (Fsp3) is 0.722. The van der Waals surface area contributed by atoms with Gasteiger partial charge in [0, 0.05) is 12.5 Å². The summed E-state index contributed by atoms with van der Waals surface area (Å²) in [7, 11) is 0. The Balaban J connectivity index is 1.98. The van der Waals surface area contributed by atoms with Gasteiger partial charge in [-0.15, -0.1) is 0 Å². The highest BCUT2D eigenvalue weighted by Crippen LogP contribution is 2.26. The molecule has 0 saturated carbocycles. The molecule has 1 amide bonds. The first-order chi connectivity index (χ1) is 10.7. The van der Waals surface area contributed by atoms with Crippen molar-refractivity contribution in [2.24, 2.45) is 11.8 Å². The molecule has 1 aliphatic heterocycles. The van der Waals surface area contributed by atoms with Crippen LogP contribution in [0.2, 0.25) is 0 Å². The zero-order valence-electron chi connectivity index (χ0n) is 14.2. The Kier molecular flexibility index (Phi) is 6.49. The second-order valence-electron chi connectivity index (χ2n) is 6.51. The number of amides is 1. The Morgan fingerprint density at radius 1 is 1.36 bits per heavy atom. The van der Waals surface area contributed by atoms with Gasteiger partial charge in [0.05, 0.1) is 12.3 Å². The van der Waals surface area contributed by atoms with Crippen molar-refractivity contribution >= 4 is 5.91 Å².